The van der Waals surface area contributed by atoms with E-state index in [0.29, 0.717) is 17.7 Å². The molecule has 0 aromatic heterocycles. The number of carbonyl (C=O) groups excluding carboxylic acids is 2. The zero-order valence-corrected chi connectivity index (χ0v) is 7.63. The lowest BCUT2D eigenvalue weighted by Crippen LogP contribution is -2.02. The summed E-state index contributed by atoms with van der Waals surface area (Å²) in [7, 11) is 0. The highest BCUT2D eigenvalue weighted by atomic mass is 16.1. The average Bonchev–Trinajstić information content (AvgIpc) is 2.04. The summed E-state index contributed by atoms with van der Waals surface area (Å²) < 4.78 is 0. The molecule has 0 fully saturated rings. The Kier molecular flexibility index (Phi) is 2.80. The highest BCUT2D eigenvalue weighted by Crippen LogP contribution is 2.17. The SMILES string of the molecule is CC(=O)c1ccc(C)cc1NC=O. The van der Waals surface area contributed by atoms with Gasteiger partial charge in [-0.25, -0.2) is 0 Å². The van der Waals surface area contributed by atoms with Gasteiger partial charge in [0, 0.05) is 5.56 Å². The smallest absolute Gasteiger partial charge is 0.211 e. The molecule has 0 heterocycles. The first-order chi connectivity index (χ1) is 6.15. The van der Waals surface area contributed by atoms with Crippen molar-refractivity contribution in [3.05, 3.63) is 29.3 Å². The number of benzene rings is 1. The largest absolute Gasteiger partial charge is 0.328 e. The van der Waals surface area contributed by atoms with Crippen LogP contribution >= 0.6 is 0 Å². The molecule has 1 amide bonds. The van der Waals surface area contributed by atoms with Crippen molar-refractivity contribution in [2.75, 3.05) is 5.32 Å². The van der Waals surface area contributed by atoms with Crippen LogP contribution in [0.15, 0.2) is 18.2 Å². The number of hydrogen-bond acceptors (Lipinski definition) is 2. The molecule has 3 heteroatoms. The van der Waals surface area contributed by atoms with E-state index in [1.807, 2.05) is 13.0 Å². The van der Waals surface area contributed by atoms with Crippen molar-refractivity contribution in [1.82, 2.24) is 0 Å². The number of ketones is 1. The van der Waals surface area contributed by atoms with E-state index in [9.17, 15) is 9.59 Å². The Balaban J connectivity index is 3.17. The number of hydrogen-bond donors (Lipinski definition) is 1. The molecule has 1 rings (SSSR count). The minimum absolute atomic E-state index is 0.0515. The first-order valence-corrected chi connectivity index (χ1v) is 3.97. The molecule has 1 aromatic carbocycles. The van der Waals surface area contributed by atoms with E-state index in [1.54, 1.807) is 12.1 Å². The fraction of sp³-hybridized carbons (Fsp3) is 0.200. The molecule has 0 spiro atoms. The first kappa shape index (κ1) is 9.45. The molecule has 0 saturated carbocycles. The maximum Gasteiger partial charge on any atom is 0.211 e. The van der Waals surface area contributed by atoms with Crippen LogP contribution in [0.25, 0.3) is 0 Å². The lowest BCUT2D eigenvalue weighted by molar-refractivity contribution is -0.105. The molecule has 0 aliphatic heterocycles. The number of aryl methyl sites for hydroxylation is 1. The Labute approximate surface area is 76.8 Å². The Hall–Kier alpha value is -1.64. The van der Waals surface area contributed by atoms with Crippen LogP contribution in [0.5, 0.6) is 0 Å². The van der Waals surface area contributed by atoms with Crippen LogP contribution in [-0.2, 0) is 4.79 Å². The molecule has 0 aliphatic carbocycles. The minimum Gasteiger partial charge on any atom is -0.328 e. The highest BCUT2D eigenvalue weighted by Gasteiger charge is 2.05. The van der Waals surface area contributed by atoms with E-state index in [0.717, 1.165) is 5.56 Å². The predicted octanol–water partition coefficient (Wildman–Crippen LogP) is 1.77. The van der Waals surface area contributed by atoms with Gasteiger partial charge in [0.05, 0.1) is 5.69 Å². The van der Waals surface area contributed by atoms with Crippen molar-refractivity contribution in [2.24, 2.45) is 0 Å². The summed E-state index contributed by atoms with van der Waals surface area (Å²) >= 11 is 0. The molecule has 0 atom stereocenters. The number of nitrogens with one attached hydrogen (secondary N) is 1. The number of carbonyl (C=O) groups is 2. The third-order valence-electron chi connectivity index (χ3n) is 1.77. The first-order valence-electron chi connectivity index (χ1n) is 3.97. The Morgan fingerprint density at radius 3 is 2.69 bits per heavy atom. The van der Waals surface area contributed by atoms with Crippen LogP contribution in [0.1, 0.15) is 22.8 Å². The van der Waals surface area contributed by atoms with Gasteiger partial charge in [-0.15, -0.1) is 0 Å². The fourth-order valence-corrected chi connectivity index (χ4v) is 1.15. The topological polar surface area (TPSA) is 46.2 Å². The predicted molar refractivity (Wildman–Crippen MR) is 50.9 cm³/mol. The van der Waals surface area contributed by atoms with Gasteiger partial charge in [-0.3, -0.25) is 9.59 Å². The van der Waals surface area contributed by atoms with Crippen LogP contribution in [0, 0.1) is 6.92 Å². The van der Waals surface area contributed by atoms with E-state index in [-0.39, 0.29) is 5.78 Å². The fourth-order valence-electron chi connectivity index (χ4n) is 1.15. The van der Waals surface area contributed by atoms with Crippen molar-refractivity contribution >= 4 is 17.9 Å². The summed E-state index contributed by atoms with van der Waals surface area (Å²) in [6.07, 6.45) is 0.571. The third-order valence-corrected chi connectivity index (χ3v) is 1.77. The Morgan fingerprint density at radius 2 is 2.15 bits per heavy atom. The van der Waals surface area contributed by atoms with Crippen molar-refractivity contribution in [2.45, 2.75) is 13.8 Å². The van der Waals surface area contributed by atoms with Gasteiger partial charge in [-0.1, -0.05) is 6.07 Å². The zero-order chi connectivity index (χ0) is 9.84. The van der Waals surface area contributed by atoms with Gasteiger partial charge in [0.25, 0.3) is 0 Å². The van der Waals surface area contributed by atoms with Gasteiger partial charge in [-0.05, 0) is 31.5 Å². The molecule has 0 bridgehead atoms. The van der Waals surface area contributed by atoms with Gasteiger partial charge in [0.2, 0.25) is 6.41 Å². The van der Waals surface area contributed by atoms with Crippen LogP contribution in [-0.4, -0.2) is 12.2 Å². The normalized spacial score (nSPS) is 9.38. The lowest BCUT2D eigenvalue weighted by atomic mass is 10.1. The number of anilines is 1. The molecule has 68 valence electrons. The van der Waals surface area contributed by atoms with Gasteiger partial charge >= 0.3 is 0 Å². The van der Waals surface area contributed by atoms with Crippen LogP contribution in [0.2, 0.25) is 0 Å². The maximum atomic E-state index is 11.1. The molecular weight excluding hydrogens is 166 g/mol. The average molecular weight is 177 g/mol. The van der Waals surface area contributed by atoms with E-state index in [4.69, 9.17) is 0 Å². The molecular formula is C10H11NO2. The van der Waals surface area contributed by atoms with Gasteiger partial charge in [0.1, 0.15) is 0 Å². The number of Topliss-reactive ketones (excluding diaryl/α,β-unsaturated/α-hetero) is 1. The summed E-state index contributed by atoms with van der Waals surface area (Å²) in [5.41, 5.74) is 2.12. The minimum atomic E-state index is -0.0515. The molecule has 0 aliphatic rings. The second-order valence-electron chi connectivity index (χ2n) is 2.87. The number of rotatable bonds is 3. The van der Waals surface area contributed by atoms with Crippen molar-refractivity contribution in [3.8, 4) is 0 Å². The molecule has 0 unspecified atom stereocenters. The molecule has 0 radical (unpaired) electrons. The van der Waals surface area contributed by atoms with Crippen molar-refractivity contribution in [3.63, 3.8) is 0 Å². The summed E-state index contributed by atoms with van der Waals surface area (Å²) in [6.45, 7) is 3.38. The van der Waals surface area contributed by atoms with Crippen LogP contribution in [0.3, 0.4) is 0 Å². The maximum absolute atomic E-state index is 11.1. The molecule has 13 heavy (non-hydrogen) atoms. The molecule has 3 nitrogen and oxygen atoms in total. The zero-order valence-electron chi connectivity index (χ0n) is 7.63. The monoisotopic (exact) mass is 177 g/mol. The summed E-state index contributed by atoms with van der Waals surface area (Å²) in [4.78, 5) is 21.3. The van der Waals surface area contributed by atoms with E-state index in [1.165, 1.54) is 6.92 Å². The van der Waals surface area contributed by atoms with Crippen LogP contribution in [0.4, 0.5) is 5.69 Å². The Bertz CT molecular complexity index is 345. The molecule has 1 N–H and O–H groups in total. The van der Waals surface area contributed by atoms with Gasteiger partial charge < -0.3 is 5.32 Å². The highest BCUT2D eigenvalue weighted by molar-refractivity contribution is 6.01. The summed E-state index contributed by atoms with van der Waals surface area (Å²) in [5.74, 6) is -0.0515. The number of amides is 1. The summed E-state index contributed by atoms with van der Waals surface area (Å²) in [5, 5.41) is 2.50. The van der Waals surface area contributed by atoms with Gasteiger partial charge in [0.15, 0.2) is 5.78 Å². The van der Waals surface area contributed by atoms with Crippen molar-refractivity contribution in [1.29, 1.82) is 0 Å². The van der Waals surface area contributed by atoms with Gasteiger partial charge in [-0.2, -0.15) is 0 Å². The molecule has 1 aromatic rings. The lowest BCUT2D eigenvalue weighted by Gasteiger charge is -2.05. The van der Waals surface area contributed by atoms with Crippen molar-refractivity contribution < 1.29 is 9.59 Å². The quantitative estimate of drug-likeness (QED) is 0.565. The van der Waals surface area contributed by atoms with E-state index < -0.39 is 0 Å². The Morgan fingerprint density at radius 1 is 1.46 bits per heavy atom. The molecule has 0 saturated heterocycles. The van der Waals surface area contributed by atoms with E-state index >= 15 is 0 Å². The second kappa shape index (κ2) is 3.85. The van der Waals surface area contributed by atoms with E-state index in [2.05, 4.69) is 5.32 Å². The third kappa shape index (κ3) is 2.15. The summed E-state index contributed by atoms with van der Waals surface area (Å²) in [6, 6.07) is 5.32. The second-order valence-corrected chi connectivity index (χ2v) is 2.87. The van der Waals surface area contributed by atoms with Crippen LogP contribution < -0.4 is 5.32 Å². The standard InChI is InChI=1S/C10H11NO2/c1-7-3-4-9(8(2)13)10(5-7)11-6-12/h3-6H,1-2H3,(H,11,12).